The van der Waals surface area contributed by atoms with Crippen LogP contribution in [-0.4, -0.2) is 38.0 Å². The maximum Gasteiger partial charge on any atom is 0.150 e. The number of hydrogen-bond acceptors (Lipinski definition) is 4. The molecule has 5 heteroatoms. The van der Waals surface area contributed by atoms with Gasteiger partial charge in [0.1, 0.15) is 9.84 Å². The van der Waals surface area contributed by atoms with E-state index in [1.807, 2.05) is 19.3 Å². The normalized spacial score (nSPS) is 24.7. The quantitative estimate of drug-likeness (QED) is 0.875. The Labute approximate surface area is 128 Å². The summed E-state index contributed by atoms with van der Waals surface area (Å²) >= 11 is 0. The minimum Gasteiger partial charge on any atom is -0.317 e. The molecule has 1 heterocycles. The maximum absolute atomic E-state index is 11.8. The number of nitrogens with zero attached hydrogens (tertiary/aromatic N) is 1. The van der Waals surface area contributed by atoms with Crippen LogP contribution in [0.3, 0.4) is 0 Å². The van der Waals surface area contributed by atoms with Crippen LogP contribution in [0.5, 0.6) is 0 Å². The Morgan fingerprint density at radius 2 is 2.24 bits per heavy atom. The molecule has 1 aliphatic carbocycles. The second-order valence-electron chi connectivity index (χ2n) is 6.17. The molecular weight excluding hydrogens is 284 g/mol. The molecule has 0 aliphatic heterocycles. The number of aryl methyl sites for hydroxylation is 1. The number of nitrogens with one attached hydrogen (secondary N) is 1. The second-order valence-corrected chi connectivity index (χ2v) is 8.50. The van der Waals surface area contributed by atoms with Crippen LogP contribution in [-0.2, 0) is 16.3 Å². The summed E-state index contributed by atoms with van der Waals surface area (Å²) in [4.78, 5) is 4.15. The van der Waals surface area contributed by atoms with Gasteiger partial charge < -0.3 is 5.32 Å². The van der Waals surface area contributed by atoms with Gasteiger partial charge in [0.25, 0.3) is 0 Å². The molecular formula is C16H26N2O2S. The fourth-order valence-corrected chi connectivity index (χ4v) is 4.61. The molecule has 1 saturated carbocycles. The Morgan fingerprint density at radius 3 is 2.86 bits per heavy atom. The Morgan fingerprint density at radius 1 is 1.43 bits per heavy atom. The molecule has 1 aromatic rings. The summed E-state index contributed by atoms with van der Waals surface area (Å²) in [5.41, 5.74) is 1.24. The van der Waals surface area contributed by atoms with Crippen molar-refractivity contribution in [3.05, 3.63) is 30.1 Å². The van der Waals surface area contributed by atoms with E-state index in [9.17, 15) is 8.42 Å². The molecule has 0 bridgehead atoms. The first-order valence-corrected chi connectivity index (χ1v) is 9.71. The first-order chi connectivity index (χ1) is 10.0. The monoisotopic (exact) mass is 310 g/mol. The number of sulfone groups is 1. The third kappa shape index (κ3) is 4.78. The van der Waals surface area contributed by atoms with Gasteiger partial charge in [-0.2, -0.15) is 0 Å². The molecule has 0 amide bonds. The van der Waals surface area contributed by atoms with Gasteiger partial charge in [-0.1, -0.05) is 12.5 Å². The first kappa shape index (κ1) is 16.4. The van der Waals surface area contributed by atoms with Crippen LogP contribution in [0.25, 0.3) is 0 Å². The van der Waals surface area contributed by atoms with Crippen LogP contribution in [0.4, 0.5) is 0 Å². The summed E-state index contributed by atoms with van der Waals surface area (Å²) < 4.78 is 23.6. The molecule has 118 valence electrons. The van der Waals surface area contributed by atoms with Crippen LogP contribution in [0.2, 0.25) is 0 Å². The summed E-state index contributed by atoms with van der Waals surface area (Å²) in [5, 5.41) is 3.25. The lowest BCUT2D eigenvalue weighted by atomic mass is 9.81. The van der Waals surface area contributed by atoms with Crippen LogP contribution < -0.4 is 5.32 Å². The highest BCUT2D eigenvalue weighted by atomic mass is 32.2. The Kier molecular flexibility index (Phi) is 5.76. The molecule has 0 radical (unpaired) electrons. The van der Waals surface area contributed by atoms with E-state index in [1.54, 1.807) is 6.20 Å². The fourth-order valence-electron chi connectivity index (χ4n) is 3.42. The summed E-state index contributed by atoms with van der Waals surface area (Å²) in [6.07, 6.45) is 10.9. The van der Waals surface area contributed by atoms with Gasteiger partial charge in [-0.25, -0.2) is 8.42 Å². The van der Waals surface area contributed by atoms with Crippen molar-refractivity contribution < 1.29 is 8.42 Å². The van der Waals surface area contributed by atoms with Crippen molar-refractivity contribution in [2.45, 2.75) is 49.8 Å². The highest BCUT2D eigenvalue weighted by molar-refractivity contribution is 7.91. The van der Waals surface area contributed by atoms with Crippen LogP contribution in [0.15, 0.2) is 24.5 Å². The molecule has 0 saturated heterocycles. The van der Waals surface area contributed by atoms with Crippen molar-refractivity contribution in [1.82, 2.24) is 10.3 Å². The van der Waals surface area contributed by atoms with Gasteiger partial charge in [-0.15, -0.1) is 0 Å². The van der Waals surface area contributed by atoms with Crippen molar-refractivity contribution in [2.24, 2.45) is 5.92 Å². The molecule has 3 atom stereocenters. The van der Waals surface area contributed by atoms with E-state index < -0.39 is 9.84 Å². The third-order valence-corrected chi connectivity index (χ3v) is 6.32. The van der Waals surface area contributed by atoms with Gasteiger partial charge in [-0.05, 0) is 56.7 Å². The topological polar surface area (TPSA) is 59.1 Å². The largest absolute Gasteiger partial charge is 0.317 e. The summed E-state index contributed by atoms with van der Waals surface area (Å²) in [5.74, 6) is 0.458. The fraction of sp³-hybridized carbons (Fsp3) is 0.688. The van der Waals surface area contributed by atoms with Gasteiger partial charge in [0.15, 0.2) is 0 Å². The van der Waals surface area contributed by atoms with Crippen LogP contribution >= 0.6 is 0 Å². The molecule has 0 aromatic carbocycles. The Balaban J connectivity index is 1.94. The number of aromatic nitrogens is 1. The van der Waals surface area contributed by atoms with Crippen molar-refractivity contribution in [3.63, 3.8) is 0 Å². The number of hydrogen-bond donors (Lipinski definition) is 1. The predicted molar refractivity (Wildman–Crippen MR) is 86.0 cm³/mol. The SMILES string of the molecule is CNC(CCc1cccnc1)C1CCCC(S(C)(=O)=O)C1. The van der Waals surface area contributed by atoms with Crippen LogP contribution in [0, 0.1) is 5.92 Å². The van der Waals surface area contributed by atoms with Crippen molar-refractivity contribution >= 4 is 9.84 Å². The zero-order valence-electron chi connectivity index (χ0n) is 13.0. The van der Waals surface area contributed by atoms with Gasteiger partial charge in [-0.3, -0.25) is 4.98 Å². The second kappa shape index (κ2) is 7.36. The average Bonchev–Trinajstić information content (AvgIpc) is 2.48. The predicted octanol–water partition coefficient (Wildman–Crippen LogP) is 2.21. The van der Waals surface area contributed by atoms with E-state index in [0.29, 0.717) is 12.0 Å². The molecule has 1 N–H and O–H groups in total. The first-order valence-electron chi connectivity index (χ1n) is 7.75. The molecule has 1 aliphatic rings. The number of pyridine rings is 1. The van der Waals surface area contributed by atoms with E-state index in [-0.39, 0.29) is 5.25 Å². The van der Waals surface area contributed by atoms with Gasteiger partial charge in [0, 0.05) is 24.7 Å². The number of rotatable bonds is 6. The zero-order valence-corrected chi connectivity index (χ0v) is 13.8. The van der Waals surface area contributed by atoms with Crippen molar-refractivity contribution in [1.29, 1.82) is 0 Å². The molecule has 21 heavy (non-hydrogen) atoms. The minimum absolute atomic E-state index is 0.148. The lowest BCUT2D eigenvalue weighted by molar-refractivity contribution is 0.269. The average molecular weight is 310 g/mol. The van der Waals surface area contributed by atoms with E-state index in [2.05, 4.69) is 16.4 Å². The van der Waals surface area contributed by atoms with Gasteiger partial charge in [0.05, 0.1) is 5.25 Å². The molecule has 3 unspecified atom stereocenters. The third-order valence-electron chi connectivity index (χ3n) is 4.68. The lowest BCUT2D eigenvalue weighted by Crippen LogP contribution is -2.39. The molecule has 2 rings (SSSR count). The highest BCUT2D eigenvalue weighted by Gasteiger charge is 2.32. The summed E-state index contributed by atoms with van der Waals surface area (Å²) in [7, 11) is -0.921. The lowest BCUT2D eigenvalue weighted by Gasteiger charge is -2.33. The van der Waals surface area contributed by atoms with E-state index in [0.717, 1.165) is 38.5 Å². The molecule has 1 fully saturated rings. The minimum atomic E-state index is -2.91. The van der Waals surface area contributed by atoms with Gasteiger partial charge >= 0.3 is 0 Å². The molecule has 4 nitrogen and oxygen atoms in total. The van der Waals surface area contributed by atoms with Gasteiger partial charge in [0.2, 0.25) is 0 Å². The summed E-state index contributed by atoms with van der Waals surface area (Å²) in [6, 6.07) is 4.44. The van der Waals surface area contributed by atoms with E-state index in [1.165, 1.54) is 11.8 Å². The smallest absolute Gasteiger partial charge is 0.150 e. The van der Waals surface area contributed by atoms with Crippen molar-refractivity contribution in [2.75, 3.05) is 13.3 Å². The van der Waals surface area contributed by atoms with E-state index >= 15 is 0 Å². The van der Waals surface area contributed by atoms with Crippen LogP contribution in [0.1, 0.15) is 37.7 Å². The van der Waals surface area contributed by atoms with Crippen molar-refractivity contribution in [3.8, 4) is 0 Å². The Bertz CT molecular complexity index is 530. The standard InChI is InChI=1S/C16H26N2O2S/c1-17-16(9-8-13-5-4-10-18-12-13)14-6-3-7-15(11-14)21(2,19)20/h4-5,10,12,14-17H,3,6-9,11H2,1-2H3. The molecule has 0 spiro atoms. The van der Waals surface area contributed by atoms with E-state index in [4.69, 9.17) is 0 Å². The zero-order chi connectivity index (χ0) is 15.3. The highest BCUT2D eigenvalue weighted by Crippen LogP contribution is 2.31. The Hall–Kier alpha value is -0.940. The molecule has 1 aromatic heterocycles. The maximum atomic E-state index is 11.8. The summed E-state index contributed by atoms with van der Waals surface area (Å²) in [6.45, 7) is 0.